The summed E-state index contributed by atoms with van der Waals surface area (Å²) < 4.78 is 50.6. The second-order valence-electron chi connectivity index (χ2n) is 3.93. The summed E-state index contributed by atoms with van der Waals surface area (Å²) in [5, 5.41) is 2.99. The lowest BCUT2D eigenvalue weighted by atomic mass is 10.1. The van der Waals surface area contributed by atoms with E-state index < -0.39 is 17.6 Å². The third kappa shape index (κ3) is 2.52. The Bertz CT molecular complexity index is 382. The zero-order valence-corrected chi connectivity index (χ0v) is 8.44. The Kier molecular flexibility index (Phi) is 2.88. The fourth-order valence-corrected chi connectivity index (χ4v) is 1.48. The van der Waals surface area contributed by atoms with Crippen molar-refractivity contribution >= 4 is 0 Å². The van der Waals surface area contributed by atoms with Crippen molar-refractivity contribution in [2.24, 2.45) is 0 Å². The zero-order valence-electron chi connectivity index (χ0n) is 8.44. The van der Waals surface area contributed by atoms with Crippen molar-refractivity contribution < 1.29 is 17.6 Å². The Morgan fingerprint density at radius 1 is 1.25 bits per heavy atom. The van der Waals surface area contributed by atoms with E-state index in [1.54, 1.807) is 0 Å². The minimum Gasteiger partial charge on any atom is -0.310 e. The normalized spacial score (nSPS) is 16.5. The van der Waals surface area contributed by atoms with Gasteiger partial charge in [0.25, 0.3) is 0 Å². The van der Waals surface area contributed by atoms with Crippen LogP contribution in [0.5, 0.6) is 0 Å². The lowest BCUT2D eigenvalue weighted by molar-refractivity contribution is -0.140. The Morgan fingerprint density at radius 3 is 2.50 bits per heavy atom. The van der Waals surface area contributed by atoms with E-state index in [0.717, 1.165) is 18.9 Å². The lowest BCUT2D eigenvalue weighted by Gasteiger charge is -2.11. The summed E-state index contributed by atoms with van der Waals surface area (Å²) in [4.78, 5) is 0. The molecular formula is C11H11F4N. The highest BCUT2D eigenvalue weighted by Gasteiger charge is 2.34. The molecule has 1 fully saturated rings. The molecule has 5 heteroatoms. The second-order valence-corrected chi connectivity index (χ2v) is 3.93. The van der Waals surface area contributed by atoms with Crippen molar-refractivity contribution in [1.82, 2.24) is 5.32 Å². The van der Waals surface area contributed by atoms with E-state index in [4.69, 9.17) is 0 Å². The number of hydrogen-bond donors (Lipinski definition) is 1. The molecule has 88 valence electrons. The molecule has 0 aliphatic heterocycles. The standard InChI is InChI=1S/C11H11F4N/c12-10-7(6-16-8-4-5-8)2-1-3-9(10)11(13,14)15/h1-3,8,16H,4-6H2. The van der Waals surface area contributed by atoms with Crippen molar-refractivity contribution in [3.63, 3.8) is 0 Å². The minimum atomic E-state index is -4.63. The molecule has 0 amide bonds. The molecule has 1 aliphatic rings. The van der Waals surface area contributed by atoms with Crippen LogP contribution in [0.4, 0.5) is 17.6 Å². The van der Waals surface area contributed by atoms with Gasteiger partial charge >= 0.3 is 6.18 Å². The van der Waals surface area contributed by atoms with Crippen LogP contribution in [0.1, 0.15) is 24.0 Å². The molecule has 0 aromatic heterocycles. The summed E-state index contributed by atoms with van der Waals surface area (Å²) >= 11 is 0. The van der Waals surface area contributed by atoms with Crippen LogP contribution in [0.25, 0.3) is 0 Å². The van der Waals surface area contributed by atoms with Crippen molar-refractivity contribution in [2.75, 3.05) is 0 Å². The number of alkyl halides is 3. The molecule has 0 unspecified atom stereocenters. The van der Waals surface area contributed by atoms with Gasteiger partial charge in [0.1, 0.15) is 5.82 Å². The molecule has 0 bridgehead atoms. The smallest absolute Gasteiger partial charge is 0.310 e. The van der Waals surface area contributed by atoms with Crippen LogP contribution in [-0.2, 0) is 12.7 Å². The van der Waals surface area contributed by atoms with Gasteiger partial charge in [-0.25, -0.2) is 4.39 Å². The molecule has 0 saturated heterocycles. The van der Waals surface area contributed by atoms with Gasteiger partial charge in [-0.1, -0.05) is 12.1 Å². The predicted octanol–water partition coefficient (Wildman–Crippen LogP) is 3.10. The van der Waals surface area contributed by atoms with Gasteiger partial charge in [-0.15, -0.1) is 0 Å². The Morgan fingerprint density at radius 2 is 1.94 bits per heavy atom. The first-order valence-corrected chi connectivity index (χ1v) is 5.06. The maximum absolute atomic E-state index is 13.5. The summed E-state index contributed by atoms with van der Waals surface area (Å²) in [5.74, 6) is -1.16. The van der Waals surface area contributed by atoms with Crippen molar-refractivity contribution in [3.8, 4) is 0 Å². The highest BCUT2D eigenvalue weighted by molar-refractivity contribution is 5.28. The van der Waals surface area contributed by atoms with E-state index in [2.05, 4.69) is 5.32 Å². The molecule has 2 rings (SSSR count). The van der Waals surface area contributed by atoms with Crippen LogP contribution >= 0.6 is 0 Å². The Labute approximate surface area is 90.5 Å². The third-order valence-electron chi connectivity index (χ3n) is 2.54. The van der Waals surface area contributed by atoms with E-state index in [9.17, 15) is 17.6 Å². The molecule has 0 atom stereocenters. The topological polar surface area (TPSA) is 12.0 Å². The number of nitrogens with one attached hydrogen (secondary N) is 1. The van der Waals surface area contributed by atoms with Crippen LogP contribution in [0.3, 0.4) is 0 Å². The monoisotopic (exact) mass is 233 g/mol. The fraction of sp³-hybridized carbons (Fsp3) is 0.455. The van der Waals surface area contributed by atoms with Crippen LogP contribution in [-0.4, -0.2) is 6.04 Å². The molecule has 16 heavy (non-hydrogen) atoms. The Balaban J connectivity index is 2.17. The first-order chi connectivity index (χ1) is 7.48. The summed E-state index contributed by atoms with van der Waals surface area (Å²) in [6, 6.07) is 3.71. The SMILES string of the molecule is Fc1c(CNC2CC2)cccc1C(F)(F)F. The van der Waals surface area contributed by atoms with Crippen molar-refractivity contribution in [3.05, 3.63) is 35.1 Å². The van der Waals surface area contributed by atoms with Gasteiger partial charge < -0.3 is 5.32 Å². The van der Waals surface area contributed by atoms with Crippen LogP contribution in [0, 0.1) is 5.82 Å². The van der Waals surface area contributed by atoms with E-state index in [1.807, 2.05) is 0 Å². The summed E-state index contributed by atoms with van der Waals surface area (Å²) in [7, 11) is 0. The van der Waals surface area contributed by atoms with Gasteiger partial charge in [0.15, 0.2) is 0 Å². The molecule has 0 spiro atoms. The van der Waals surface area contributed by atoms with Gasteiger partial charge in [-0.2, -0.15) is 13.2 Å². The van der Waals surface area contributed by atoms with Crippen LogP contribution in [0.15, 0.2) is 18.2 Å². The first kappa shape index (κ1) is 11.4. The lowest BCUT2D eigenvalue weighted by Crippen LogP contribution is -2.18. The average Bonchev–Trinajstić information content (AvgIpc) is 2.98. The van der Waals surface area contributed by atoms with Gasteiger partial charge in [0.2, 0.25) is 0 Å². The Hall–Kier alpha value is -1.10. The van der Waals surface area contributed by atoms with E-state index in [-0.39, 0.29) is 12.1 Å². The first-order valence-electron chi connectivity index (χ1n) is 5.06. The number of hydrogen-bond acceptors (Lipinski definition) is 1. The third-order valence-corrected chi connectivity index (χ3v) is 2.54. The average molecular weight is 233 g/mol. The van der Waals surface area contributed by atoms with Gasteiger partial charge in [-0.3, -0.25) is 0 Å². The van der Waals surface area contributed by atoms with Crippen LogP contribution in [0.2, 0.25) is 0 Å². The molecule has 1 nitrogen and oxygen atoms in total. The summed E-state index contributed by atoms with van der Waals surface area (Å²) in [5.41, 5.74) is -1.12. The molecule has 1 aromatic rings. The molecular weight excluding hydrogens is 222 g/mol. The molecule has 0 heterocycles. The summed E-state index contributed by atoms with van der Waals surface area (Å²) in [6.45, 7) is 0.153. The molecule has 1 aliphatic carbocycles. The number of rotatable bonds is 3. The van der Waals surface area contributed by atoms with E-state index in [0.29, 0.717) is 6.04 Å². The van der Waals surface area contributed by atoms with Gasteiger partial charge in [0, 0.05) is 18.2 Å². The predicted molar refractivity (Wildman–Crippen MR) is 51.3 cm³/mol. The van der Waals surface area contributed by atoms with E-state index in [1.165, 1.54) is 12.1 Å². The van der Waals surface area contributed by atoms with Gasteiger partial charge in [0.05, 0.1) is 5.56 Å². The van der Waals surface area contributed by atoms with Crippen molar-refractivity contribution in [1.29, 1.82) is 0 Å². The molecule has 1 saturated carbocycles. The van der Waals surface area contributed by atoms with Gasteiger partial charge in [-0.05, 0) is 18.9 Å². The molecule has 1 aromatic carbocycles. The molecule has 0 radical (unpaired) electrons. The second kappa shape index (κ2) is 4.05. The zero-order chi connectivity index (χ0) is 11.8. The number of benzene rings is 1. The number of halogens is 4. The summed E-state index contributed by atoms with van der Waals surface area (Å²) in [6.07, 6.45) is -2.60. The maximum atomic E-state index is 13.5. The highest BCUT2D eigenvalue weighted by Crippen LogP contribution is 2.32. The van der Waals surface area contributed by atoms with Crippen LogP contribution < -0.4 is 5.32 Å². The minimum absolute atomic E-state index is 0.0710. The quantitative estimate of drug-likeness (QED) is 0.791. The fourth-order valence-electron chi connectivity index (χ4n) is 1.48. The van der Waals surface area contributed by atoms with Crippen molar-refractivity contribution in [2.45, 2.75) is 31.6 Å². The van der Waals surface area contributed by atoms with E-state index >= 15 is 0 Å². The largest absolute Gasteiger partial charge is 0.419 e. The highest BCUT2D eigenvalue weighted by atomic mass is 19.4. The maximum Gasteiger partial charge on any atom is 0.419 e. The molecule has 1 N–H and O–H groups in total.